The first-order valence-corrected chi connectivity index (χ1v) is 12.3. The number of hydrogen-bond acceptors (Lipinski definition) is 8. The number of aliphatic imine (C=N–C) groups is 1. The van der Waals surface area contributed by atoms with Crippen molar-refractivity contribution in [3.05, 3.63) is 54.1 Å². The van der Waals surface area contributed by atoms with Crippen LogP contribution in [0.5, 0.6) is 0 Å². The second-order valence-electron chi connectivity index (χ2n) is 9.68. The minimum Gasteiger partial charge on any atom is -0.469 e. The summed E-state index contributed by atoms with van der Waals surface area (Å²) in [6, 6.07) is 16.4. The van der Waals surface area contributed by atoms with Crippen LogP contribution in [0.3, 0.4) is 0 Å². The molecule has 2 aromatic carbocycles. The summed E-state index contributed by atoms with van der Waals surface area (Å²) in [4.78, 5) is 29.1. The lowest BCUT2D eigenvalue weighted by atomic mass is 9.97. The highest BCUT2D eigenvalue weighted by atomic mass is 16.5. The second kappa shape index (κ2) is 11.1. The van der Waals surface area contributed by atoms with Crippen molar-refractivity contribution in [3.63, 3.8) is 0 Å². The molecule has 1 unspecified atom stereocenters. The van der Waals surface area contributed by atoms with Crippen LogP contribution in [0.25, 0.3) is 0 Å². The van der Waals surface area contributed by atoms with E-state index in [0.29, 0.717) is 0 Å². The molecule has 35 heavy (non-hydrogen) atoms. The molecule has 0 radical (unpaired) electrons. The van der Waals surface area contributed by atoms with Crippen molar-refractivity contribution in [1.82, 2.24) is 14.7 Å². The SMILES string of the molecule is COC(=O)CC1c2ccccc2N=C(N2CCN(CCN(C)C)CC2)N1c1ccc(N(C)C)cc1. The number of para-hydroxylation sites is 1. The van der Waals surface area contributed by atoms with Gasteiger partial charge in [0.05, 0.1) is 25.3 Å². The molecule has 0 aliphatic carbocycles. The number of carbonyl (C=O) groups excluding carboxylic acids is 1. The molecule has 0 aromatic heterocycles. The number of benzene rings is 2. The van der Waals surface area contributed by atoms with Gasteiger partial charge in [0.1, 0.15) is 0 Å². The highest BCUT2D eigenvalue weighted by molar-refractivity contribution is 6.01. The van der Waals surface area contributed by atoms with Gasteiger partial charge in [0, 0.05) is 70.3 Å². The maximum atomic E-state index is 12.5. The Kier molecular flexibility index (Phi) is 7.93. The smallest absolute Gasteiger partial charge is 0.307 e. The van der Waals surface area contributed by atoms with Crippen molar-refractivity contribution >= 4 is 29.0 Å². The van der Waals surface area contributed by atoms with Crippen LogP contribution in [0, 0.1) is 0 Å². The zero-order valence-corrected chi connectivity index (χ0v) is 21.6. The zero-order valence-electron chi connectivity index (χ0n) is 21.6. The van der Waals surface area contributed by atoms with E-state index in [-0.39, 0.29) is 18.4 Å². The molecule has 8 nitrogen and oxygen atoms in total. The molecule has 1 atom stereocenters. The van der Waals surface area contributed by atoms with E-state index in [2.05, 4.69) is 68.9 Å². The van der Waals surface area contributed by atoms with E-state index in [1.807, 2.05) is 32.3 Å². The third-order valence-electron chi connectivity index (χ3n) is 6.79. The zero-order chi connectivity index (χ0) is 24.9. The van der Waals surface area contributed by atoms with Crippen LogP contribution in [0.2, 0.25) is 0 Å². The van der Waals surface area contributed by atoms with Crippen molar-refractivity contribution in [2.24, 2.45) is 4.99 Å². The predicted molar refractivity (Wildman–Crippen MR) is 143 cm³/mol. The third-order valence-corrected chi connectivity index (χ3v) is 6.79. The molecule has 0 bridgehead atoms. The normalized spacial score (nSPS) is 18.3. The summed E-state index contributed by atoms with van der Waals surface area (Å²) in [5, 5.41) is 0. The van der Waals surface area contributed by atoms with Gasteiger partial charge in [-0.2, -0.15) is 0 Å². The molecule has 188 valence electrons. The van der Waals surface area contributed by atoms with Crippen LogP contribution >= 0.6 is 0 Å². The average molecular weight is 479 g/mol. The molecular formula is C27H38N6O2. The van der Waals surface area contributed by atoms with Crippen molar-refractivity contribution in [3.8, 4) is 0 Å². The van der Waals surface area contributed by atoms with Crippen LogP contribution < -0.4 is 9.80 Å². The molecule has 2 heterocycles. The fraction of sp³-hybridized carbons (Fsp3) is 0.481. The van der Waals surface area contributed by atoms with E-state index in [4.69, 9.17) is 9.73 Å². The molecule has 1 saturated heterocycles. The number of carbonyl (C=O) groups is 1. The van der Waals surface area contributed by atoms with Gasteiger partial charge in [-0.1, -0.05) is 18.2 Å². The number of fused-ring (bicyclic) bond motifs is 1. The quantitative estimate of drug-likeness (QED) is 0.567. The molecule has 0 amide bonds. The van der Waals surface area contributed by atoms with Crippen LogP contribution in [0.15, 0.2) is 53.5 Å². The molecule has 2 aliphatic rings. The van der Waals surface area contributed by atoms with Gasteiger partial charge in [-0.05, 0) is 44.4 Å². The fourth-order valence-electron chi connectivity index (χ4n) is 4.70. The Morgan fingerprint density at radius 3 is 2.31 bits per heavy atom. The summed E-state index contributed by atoms with van der Waals surface area (Å²) in [6.45, 7) is 5.89. The fourth-order valence-corrected chi connectivity index (χ4v) is 4.70. The van der Waals surface area contributed by atoms with E-state index >= 15 is 0 Å². The summed E-state index contributed by atoms with van der Waals surface area (Å²) in [5.74, 6) is 0.678. The van der Waals surface area contributed by atoms with Gasteiger partial charge in [-0.3, -0.25) is 9.69 Å². The van der Waals surface area contributed by atoms with E-state index < -0.39 is 0 Å². The third kappa shape index (κ3) is 5.77. The highest BCUT2D eigenvalue weighted by Crippen LogP contribution is 2.41. The number of anilines is 2. The summed E-state index contributed by atoms with van der Waals surface area (Å²) in [7, 11) is 9.76. The number of rotatable bonds is 7. The number of guanidine groups is 1. The Bertz CT molecular complexity index is 1030. The first-order chi connectivity index (χ1) is 16.9. The number of esters is 1. The van der Waals surface area contributed by atoms with Crippen LogP contribution in [-0.2, 0) is 9.53 Å². The van der Waals surface area contributed by atoms with Crippen molar-refractivity contribution in [2.45, 2.75) is 12.5 Å². The number of methoxy groups -OCH3 is 1. The molecule has 2 aromatic rings. The molecule has 0 saturated carbocycles. The largest absolute Gasteiger partial charge is 0.469 e. The maximum Gasteiger partial charge on any atom is 0.307 e. The summed E-state index contributed by atoms with van der Waals surface area (Å²) in [6.07, 6.45) is 0.255. The number of nitrogens with zero attached hydrogens (tertiary/aromatic N) is 6. The molecular weight excluding hydrogens is 440 g/mol. The molecule has 8 heteroatoms. The Labute approximate surface area is 209 Å². The van der Waals surface area contributed by atoms with Gasteiger partial charge in [0.2, 0.25) is 5.96 Å². The number of hydrogen-bond donors (Lipinski definition) is 0. The lowest BCUT2D eigenvalue weighted by Gasteiger charge is -2.45. The second-order valence-corrected chi connectivity index (χ2v) is 9.68. The Morgan fingerprint density at radius 2 is 1.69 bits per heavy atom. The summed E-state index contributed by atoms with van der Waals surface area (Å²) < 4.78 is 5.11. The van der Waals surface area contributed by atoms with Gasteiger partial charge < -0.3 is 24.3 Å². The average Bonchev–Trinajstić information content (AvgIpc) is 2.87. The number of piperazine rings is 1. The lowest BCUT2D eigenvalue weighted by molar-refractivity contribution is -0.141. The molecule has 0 N–H and O–H groups in total. The lowest BCUT2D eigenvalue weighted by Crippen LogP contribution is -2.55. The first-order valence-electron chi connectivity index (χ1n) is 12.3. The van der Waals surface area contributed by atoms with Crippen LogP contribution in [0.4, 0.5) is 17.1 Å². The Morgan fingerprint density at radius 1 is 1.00 bits per heavy atom. The van der Waals surface area contributed by atoms with Crippen molar-refractivity contribution < 1.29 is 9.53 Å². The highest BCUT2D eigenvalue weighted by Gasteiger charge is 2.36. The summed E-state index contributed by atoms with van der Waals surface area (Å²) >= 11 is 0. The molecule has 2 aliphatic heterocycles. The number of likely N-dealkylation sites (N-methyl/N-ethyl adjacent to an activating group) is 1. The van der Waals surface area contributed by atoms with Crippen LogP contribution in [0.1, 0.15) is 18.0 Å². The topological polar surface area (TPSA) is 54.9 Å². The standard InChI is InChI=1S/C27H38N6O2/c1-29(2)14-15-31-16-18-32(19-17-31)27-28-24-9-7-6-8-23(24)25(20-26(34)35-5)33(27)22-12-10-21(11-13-22)30(3)4/h6-13,25H,14-20H2,1-5H3. The Hall–Kier alpha value is -3.10. The van der Waals surface area contributed by atoms with Gasteiger partial charge in [0.25, 0.3) is 0 Å². The van der Waals surface area contributed by atoms with E-state index in [0.717, 1.165) is 67.9 Å². The van der Waals surface area contributed by atoms with Gasteiger partial charge in [-0.25, -0.2) is 4.99 Å². The first kappa shape index (κ1) is 25.0. The minimum atomic E-state index is -0.227. The Balaban J connectivity index is 1.69. The van der Waals surface area contributed by atoms with Gasteiger partial charge in [-0.15, -0.1) is 0 Å². The van der Waals surface area contributed by atoms with E-state index in [1.54, 1.807) is 0 Å². The van der Waals surface area contributed by atoms with Gasteiger partial charge in [0.15, 0.2) is 0 Å². The monoisotopic (exact) mass is 478 g/mol. The maximum absolute atomic E-state index is 12.5. The van der Waals surface area contributed by atoms with Crippen LogP contribution in [-0.4, -0.2) is 101 Å². The van der Waals surface area contributed by atoms with Gasteiger partial charge >= 0.3 is 5.97 Å². The molecule has 0 spiro atoms. The molecule has 4 rings (SSSR count). The minimum absolute atomic E-state index is 0.192. The number of ether oxygens (including phenoxy) is 1. The van der Waals surface area contributed by atoms with E-state index in [9.17, 15) is 4.79 Å². The van der Waals surface area contributed by atoms with E-state index in [1.165, 1.54) is 7.11 Å². The van der Waals surface area contributed by atoms with Crippen molar-refractivity contribution in [2.75, 3.05) is 84.4 Å². The predicted octanol–water partition coefficient (Wildman–Crippen LogP) is 3.04. The molecule has 1 fully saturated rings. The summed E-state index contributed by atoms with van der Waals surface area (Å²) in [5.41, 5.74) is 4.12. The van der Waals surface area contributed by atoms with Crippen molar-refractivity contribution in [1.29, 1.82) is 0 Å².